The summed E-state index contributed by atoms with van der Waals surface area (Å²) in [5.41, 5.74) is 2.95. The van der Waals surface area contributed by atoms with Gasteiger partial charge in [0.1, 0.15) is 0 Å². The Bertz CT molecular complexity index is 578. The second-order valence-corrected chi connectivity index (χ2v) is 4.39. The highest BCUT2D eigenvalue weighted by atomic mass is 35.5. The summed E-state index contributed by atoms with van der Waals surface area (Å²) in [6.07, 6.45) is 3.28. The summed E-state index contributed by atoms with van der Waals surface area (Å²) in [4.78, 5) is 16.3. The molecule has 0 saturated heterocycles. The lowest BCUT2D eigenvalue weighted by Gasteiger charge is -2.06. The van der Waals surface area contributed by atoms with E-state index in [0.29, 0.717) is 16.1 Å². The van der Waals surface area contributed by atoms with Gasteiger partial charge in [-0.3, -0.25) is 9.78 Å². The molecular weight excluding hydrogens is 234 g/mol. The molecule has 0 radical (unpaired) electrons. The van der Waals surface area contributed by atoms with Gasteiger partial charge in [-0.05, 0) is 37.1 Å². The molecule has 3 heteroatoms. The smallest absolute Gasteiger partial charge is 0.196 e. The van der Waals surface area contributed by atoms with Crippen LogP contribution >= 0.6 is 11.6 Å². The Morgan fingerprint density at radius 2 is 2.00 bits per heavy atom. The average Bonchev–Trinajstić information content (AvgIpc) is 2.32. The molecule has 1 aromatic carbocycles. The largest absolute Gasteiger partial charge is 0.288 e. The lowest BCUT2D eigenvalue weighted by molar-refractivity contribution is 0.103. The lowest BCUT2D eigenvalue weighted by atomic mass is 10.0. The van der Waals surface area contributed by atoms with Crippen LogP contribution in [-0.4, -0.2) is 10.8 Å². The first kappa shape index (κ1) is 11.8. The van der Waals surface area contributed by atoms with Crippen LogP contribution in [0.25, 0.3) is 0 Å². The van der Waals surface area contributed by atoms with Crippen molar-refractivity contribution in [2.75, 3.05) is 0 Å². The summed E-state index contributed by atoms with van der Waals surface area (Å²) < 4.78 is 0. The van der Waals surface area contributed by atoms with Gasteiger partial charge in [-0.1, -0.05) is 23.7 Å². The monoisotopic (exact) mass is 245 g/mol. The van der Waals surface area contributed by atoms with Crippen molar-refractivity contribution in [3.63, 3.8) is 0 Å². The third kappa shape index (κ3) is 2.37. The standard InChI is InChI=1S/C14H12ClNO/c1-9-6-11(8-16-7-9)14(17)12-5-3-4-10(2)13(12)15/h3-8H,1-2H3. The molecule has 1 heterocycles. The quantitative estimate of drug-likeness (QED) is 0.757. The fraction of sp³-hybridized carbons (Fsp3) is 0.143. The number of nitrogens with zero attached hydrogens (tertiary/aromatic N) is 1. The second-order valence-electron chi connectivity index (χ2n) is 4.02. The number of carbonyl (C=O) groups is 1. The number of aryl methyl sites for hydroxylation is 2. The number of carbonyl (C=O) groups excluding carboxylic acids is 1. The van der Waals surface area contributed by atoms with E-state index in [2.05, 4.69) is 4.98 Å². The highest BCUT2D eigenvalue weighted by Gasteiger charge is 2.14. The van der Waals surface area contributed by atoms with Crippen LogP contribution < -0.4 is 0 Å². The van der Waals surface area contributed by atoms with Gasteiger partial charge in [0, 0.05) is 23.5 Å². The number of hydrogen-bond acceptors (Lipinski definition) is 2. The van der Waals surface area contributed by atoms with Gasteiger partial charge in [0.05, 0.1) is 5.02 Å². The van der Waals surface area contributed by atoms with E-state index in [1.165, 1.54) is 0 Å². The number of aromatic nitrogens is 1. The van der Waals surface area contributed by atoms with E-state index in [9.17, 15) is 4.79 Å². The fourth-order valence-corrected chi connectivity index (χ4v) is 1.87. The maximum atomic E-state index is 12.2. The number of benzene rings is 1. The van der Waals surface area contributed by atoms with Gasteiger partial charge in [-0.2, -0.15) is 0 Å². The summed E-state index contributed by atoms with van der Waals surface area (Å²) in [6, 6.07) is 7.26. The molecule has 0 bridgehead atoms. The zero-order chi connectivity index (χ0) is 12.4. The molecule has 2 aromatic rings. The molecule has 0 aliphatic carbocycles. The Kier molecular flexibility index (Phi) is 3.25. The van der Waals surface area contributed by atoms with Gasteiger partial charge in [0.25, 0.3) is 0 Å². The summed E-state index contributed by atoms with van der Waals surface area (Å²) in [5, 5.41) is 0.513. The third-order valence-electron chi connectivity index (χ3n) is 2.57. The maximum Gasteiger partial charge on any atom is 0.196 e. The van der Waals surface area contributed by atoms with Crippen molar-refractivity contribution in [2.45, 2.75) is 13.8 Å². The highest BCUT2D eigenvalue weighted by molar-refractivity contribution is 6.35. The Labute approximate surface area is 105 Å². The van der Waals surface area contributed by atoms with E-state index in [0.717, 1.165) is 11.1 Å². The molecule has 2 nitrogen and oxygen atoms in total. The molecule has 17 heavy (non-hydrogen) atoms. The minimum atomic E-state index is -0.0881. The summed E-state index contributed by atoms with van der Waals surface area (Å²) >= 11 is 6.14. The van der Waals surface area contributed by atoms with Crippen LogP contribution in [-0.2, 0) is 0 Å². The minimum absolute atomic E-state index is 0.0881. The van der Waals surface area contributed by atoms with Crippen molar-refractivity contribution < 1.29 is 4.79 Å². The van der Waals surface area contributed by atoms with E-state index in [1.54, 1.807) is 18.5 Å². The van der Waals surface area contributed by atoms with Crippen molar-refractivity contribution >= 4 is 17.4 Å². The van der Waals surface area contributed by atoms with E-state index in [-0.39, 0.29) is 5.78 Å². The Balaban J connectivity index is 2.48. The highest BCUT2D eigenvalue weighted by Crippen LogP contribution is 2.23. The molecule has 0 fully saturated rings. The molecule has 0 N–H and O–H groups in total. The SMILES string of the molecule is Cc1cncc(C(=O)c2cccc(C)c2Cl)c1. The molecule has 0 saturated carbocycles. The Morgan fingerprint density at radius 1 is 1.24 bits per heavy atom. The van der Waals surface area contributed by atoms with Crippen molar-refractivity contribution in [1.29, 1.82) is 0 Å². The number of ketones is 1. The lowest BCUT2D eigenvalue weighted by Crippen LogP contribution is -2.03. The van der Waals surface area contributed by atoms with Crippen molar-refractivity contribution in [2.24, 2.45) is 0 Å². The first-order valence-corrected chi connectivity index (χ1v) is 5.69. The topological polar surface area (TPSA) is 30.0 Å². The predicted octanol–water partition coefficient (Wildman–Crippen LogP) is 3.58. The molecular formula is C14H12ClNO. The first-order valence-electron chi connectivity index (χ1n) is 5.31. The Hall–Kier alpha value is -1.67. The van der Waals surface area contributed by atoms with Crippen LogP contribution in [0.15, 0.2) is 36.7 Å². The van der Waals surface area contributed by atoms with E-state index >= 15 is 0 Å². The zero-order valence-electron chi connectivity index (χ0n) is 9.70. The van der Waals surface area contributed by atoms with Crippen LogP contribution in [0.1, 0.15) is 27.0 Å². The maximum absolute atomic E-state index is 12.2. The molecule has 1 aromatic heterocycles. The minimum Gasteiger partial charge on any atom is -0.288 e. The summed E-state index contributed by atoms with van der Waals surface area (Å²) in [5.74, 6) is -0.0881. The van der Waals surface area contributed by atoms with Crippen LogP contribution in [0.4, 0.5) is 0 Å². The normalized spacial score (nSPS) is 10.3. The fourth-order valence-electron chi connectivity index (χ4n) is 1.66. The molecule has 0 amide bonds. The Morgan fingerprint density at radius 3 is 2.71 bits per heavy atom. The molecule has 2 rings (SSSR count). The first-order chi connectivity index (χ1) is 8.09. The van der Waals surface area contributed by atoms with Gasteiger partial charge in [0.2, 0.25) is 0 Å². The number of rotatable bonds is 2. The number of halogens is 1. The number of pyridine rings is 1. The van der Waals surface area contributed by atoms with Gasteiger partial charge >= 0.3 is 0 Å². The molecule has 0 atom stereocenters. The second kappa shape index (κ2) is 4.68. The van der Waals surface area contributed by atoms with Gasteiger partial charge in [-0.25, -0.2) is 0 Å². The average molecular weight is 246 g/mol. The molecule has 0 aliphatic heterocycles. The van der Waals surface area contributed by atoms with Crippen molar-refractivity contribution in [3.8, 4) is 0 Å². The molecule has 86 valence electrons. The van der Waals surface area contributed by atoms with Crippen LogP contribution in [0.5, 0.6) is 0 Å². The van der Waals surface area contributed by atoms with Crippen LogP contribution in [0.3, 0.4) is 0 Å². The third-order valence-corrected chi connectivity index (χ3v) is 3.08. The van der Waals surface area contributed by atoms with Crippen molar-refractivity contribution in [3.05, 3.63) is 63.9 Å². The van der Waals surface area contributed by atoms with E-state index in [1.807, 2.05) is 32.0 Å². The summed E-state index contributed by atoms with van der Waals surface area (Å²) in [7, 11) is 0. The van der Waals surface area contributed by atoms with Gasteiger partial charge < -0.3 is 0 Å². The van der Waals surface area contributed by atoms with Crippen LogP contribution in [0.2, 0.25) is 5.02 Å². The van der Waals surface area contributed by atoms with E-state index in [4.69, 9.17) is 11.6 Å². The van der Waals surface area contributed by atoms with Crippen LogP contribution in [0, 0.1) is 13.8 Å². The molecule has 0 aliphatic rings. The predicted molar refractivity (Wildman–Crippen MR) is 68.6 cm³/mol. The summed E-state index contributed by atoms with van der Waals surface area (Å²) in [6.45, 7) is 3.79. The zero-order valence-corrected chi connectivity index (χ0v) is 10.5. The van der Waals surface area contributed by atoms with Crippen molar-refractivity contribution in [1.82, 2.24) is 4.98 Å². The molecule has 0 unspecified atom stereocenters. The van der Waals surface area contributed by atoms with Gasteiger partial charge in [-0.15, -0.1) is 0 Å². The van der Waals surface area contributed by atoms with E-state index < -0.39 is 0 Å². The van der Waals surface area contributed by atoms with Gasteiger partial charge in [0.15, 0.2) is 5.78 Å². The molecule has 0 spiro atoms. The number of hydrogen-bond donors (Lipinski definition) is 0.